The zero-order valence-corrected chi connectivity index (χ0v) is 9.69. The standard InChI is InChI=1S/C10H18OSi/c1-6-9(2)10(11)7-8-12(3,4)5/h9H,6H2,1-5H3/t9-/m0/s1. The highest BCUT2D eigenvalue weighted by Gasteiger charge is 2.10. The summed E-state index contributed by atoms with van der Waals surface area (Å²) >= 11 is 0. The summed E-state index contributed by atoms with van der Waals surface area (Å²) in [5.41, 5.74) is 3.08. The van der Waals surface area contributed by atoms with Crippen LogP contribution < -0.4 is 0 Å². The highest BCUT2D eigenvalue weighted by molar-refractivity contribution is 6.84. The summed E-state index contributed by atoms with van der Waals surface area (Å²) in [5, 5.41) is 0. The summed E-state index contributed by atoms with van der Waals surface area (Å²) in [6, 6.07) is 0. The maximum atomic E-state index is 11.3. The molecule has 0 aliphatic carbocycles. The van der Waals surface area contributed by atoms with Crippen molar-refractivity contribution in [3.8, 4) is 11.5 Å². The van der Waals surface area contributed by atoms with Gasteiger partial charge in [-0.05, 0) is 12.3 Å². The first-order chi connectivity index (χ1) is 5.37. The van der Waals surface area contributed by atoms with Gasteiger partial charge in [0, 0.05) is 5.92 Å². The second-order valence-corrected chi connectivity index (χ2v) is 8.92. The average molecular weight is 182 g/mol. The number of ketones is 1. The molecule has 1 atom stereocenters. The Morgan fingerprint density at radius 2 is 1.92 bits per heavy atom. The molecule has 0 N–H and O–H groups in total. The largest absolute Gasteiger partial charge is 0.285 e. The molecule has 0 rings (SSSR count). The molecular formula is C10H18OSi. The van der Waals surface area contributed by atoms with E-state index in [0.717, 1.165) is 6.42 Å². The number of carbonyl (C=O) groups excluding carboxylic acids is 1. The third-order valence-electron chi connectivity index (χ3n) is 1.62. The quantitative estimate of drug-likeness (QED) is 0.473. The van der Waals surface area contributed by atoms with Crippen molar-refractivity contribution in [2.24, 2.45) is 5.92 Å². The van der Waals surface area contributed by atoms with Gasteiger partial charge in [-0.25, -0.2) is 0 Å². The summed E-state index contributed by atoms with van der Waals surface area (Å²) in [6.45, 7) is 10.4. The molecule has 0 bridgehead atoms. The second kappa shape index (κ2) is 4.47. The zero-order valence-electron chi connectivity index (χ0n) is 8.69. The second-order valence-electron chi connectivity index (χ2n) is 4.17. The van der Waals surface area contributed by atoms with E-state index >= 15 is 0 Å². The van der Waals surface area contributed by atoms with Crippen molar-refractivity contribution in [2.45, 2.75) is 39.9 Å². The van der Waals surface area contributed by atoms with Gasteiger partial charge in [0.1, 0.15) is 8.07 Å². The summed E-state index contributed by atoms with van der Waals surface area (Å²) in [5.74, 6) is 2.95. The van der Waals surface area contributed by atoms with Crippen molar-refractivity contribution in [3.05, 3.63) is 0 Å². The van der Waals surface area contributed by atoms with Crippen LogP contribution in [-0.2, 0) is 4.79 Å². The van der Waals surface area contributed by atoms with Crippen LogP contribution in [0, 0.1) is 17.4 Å². The van der Waals surface area contributed by atoms with Crippen LogP contribution in [-0.4, -0.2) is 13.9 Å². The Kier molecular flexibility index (Phi) is 4.26. The third-order valence-corrected chi connectivity index (χ3v) is 2.50. The Morgan fingerprint density at radius 3 is 2.25 bits per heavy atom. The first kappa shape index (κ1) is 11.4. The molecule has 0 spiro atoms. The van der Waals surface area contributed by atoms with Gasteiger partial charge in [0.2, 0.25) is 5.78 Å². The van der Waals surface area contributed by atoms with Crippen LogP contribution in [0.3, 0.4) is 0 Å². The summed E-state index contributed by atoms with van der Waals surface area (Å²) in [6.07, 6.45) is 0.888. The lowest BCUT2D eigenvalue weighted by Crippen LogP contribution is -2.18. The van der Waals surface area contributed by atoms with E-state index in [-0.39, 0.29) is 11.7 Å². The molecule has 0 aliphatic rings. The van der Waals surface area contributed by atoms with Crippen LogP contribution in [0.5, 0.6) is 0 Å². The zero-order chi connectivity index (χ0) is 9.78. The number of rotatable bonds is 2. The minimum absolute atomic E-state index is 0.0972. The van der Waals surface area contributed by atoms with Crippen LogP contribution in [0.25, 0.3) is 0 Å². The smallest absolute Gasteiger partial charge is 0.207 e. The molecule has 0 unspecified atom stereocenters. The molecule has 0 saturated carbocycles. The predicted octanol–water partition coefficient (Wildman–Crippen LogP) is 2.48. The molecule has 2 heteroatoms. The van der Waals surface area contributed by atoms with Crippen molar-refractivity contribution in [2.75, 3.05) is 0 Å². The normalized spacial score (nSPS) is 13.1. The number of carbonyl (C=O) groups is 1. The van der Waals surface area contributed by atoms with E-state index in [4.69, 9.17) is 0 Å². The van der Waals surface area contributed by atoms with Gasteiger partial charge < -0.3 is 0 Å². The highest BCUT2D eigenvalue weighted by Crippen LogP contribution is 2.02. The Balaban J connectivity index is 4.23. The number of hydrogen-bond donors (Lipinski definition) is 0. The Hall–Kier alpha value is -0.553. The van der Waals surface area contributed by atoms with Crippen molar-refractivity contribution < 1.29 is 4.79 Å². The van der Waals surface area contributed by atoms with Gasteiger partial charge in [-0.15, -0.1) is 5.54 Å². The monoisotopic (exact) mass is 182 g/mol. The van der Waals surface area contributed by atoms with E-state index in [9.17, 15) is 4.79 Å². The maximum Gasteiger partial charge on any atom is 0.207 e. The molecular weight excluding hydrogens is 164 g/mol. The maximum absolute atomic E-state index is 11.3. The SMILES string of the molecule is CC[C@H](C)C(=O)C#C[Si](C)(C)C. The molecule has 0 aliphatic heterocycles. The lowest BCUT2D eigenvalue weighted by molar-refractivity contribution is -0.116. The van der Waals surface area contributed by atoms with Crippen molar-refractivity contribution in [1.29, 1.82) is 0 Å². The molecule has 12 heavy (non-hydrogen) atoms. The van der Waals surface area contributed by atoms with E-state index in [1.807, 2.05) is 13.8 Å². The highest BCUT2D eigenvalue weighted by atomic mass is 28.3. The van der Waals surface area contributed by atoms with Gasteiger partial charge in [-0.3, -0.25) is 4.79 Å². The lowest BCUT2D eigenvalue weighted by Gasteiger charge is -2.04. The first-order valence-corrected chi connectivity index (χ1v) is 7.94. The summed E-state index contributed by atoms with van der Waals surface area (Å²) in [4.78, 5) is 11.3. The number of Topliss-reactive ketones (excluding diaryl/α,β-unsaturated/α-hetero) is 1. The van der Waals surface area contributed by atoms with Crippen molar-refractivity contribution >= 4 is 13.9 Å². The molecule has 0 radical (unpaired) electrons. The van der Waals surface area contributed by atoms with Gasteiger partial charge in [0.15, 0.2) is 0 Å². The van der Waals surface area contributed by atoms with E-state index < -0.39 is 8.07 Å². The van der Waals surface area contributed by atoms with Crippen LogP contribution in [0.1, 0.15) is 20.3 Å². The van der Waals surface area contributed by atoms with Crippen LogP contribution >= 0.6 is 0 Å². The molecule has 0 aromatic heterocycles. The van der Waals surface area contributed by atoms with E-state index in [0.29, 0.717) is 0 Å². The molecule has 0 fully saturated rings. The fourth-order valence-corrected chi connectivity index (χ4v) is 1.06. The van der Waals surface area contributed by atoms with Crippen LogP contribution in [0.15, 0.2) is 0 Å². The molecule has 0 amide bonds. The van der Waals surface area contributed by atoms with Crippen molar-refractivity contribution in [1.82, 2.24) is 0 Å². The van der Waals surface area contributed by atoms with Crippen LogP contribution in [0.2, 0.25) is 19.6 Å². The predicted molar refractivity (Wildman–Crippen MR) is 55.6 cm³/mol. The lowest BCUT2D eigenvalue weighted by atomic mass is 10.1. The molecule has 68 valence electrons. The van der Waals surface area contributed by atoms with Gasteiger partial charge in [0.05, 0.1) is 0 Å². The Labute approximate surface area is 76.6 Å². The van der Waals surface area contributed by atoms with Crippen LogP contribution in [0.4, 0.5) is 0 Å². The van der Waals surface area contributed by atoms with Gasteiger partial charge in [0.25, 0.3) is 0 Å². The molecule has 0 aromatic carbocycles. The van der Waals surface area contributed by atoms with E-state index in [1.165, 1.54) is 0 Å². The topological polar surface area (TPSA) is 17.1 Å². The third kappa shape index (κ3) is 5.14. The van der Waals surface area contributed by atoms with Crippen molar-refractivity contribution in [3.63, 3.8) is 0 Å². The number of hydrogen-bond acceptors (Lipinski definition) is 1. The summed E-state index contributed by atoms with van der Waals surface area (Å²) < 4.78 is 0. The molecule has 0 aromatic rings. The Morgan fingerprint density at radius 1 is 1.42 bits per heavy atom. The van der Waals surface area contributed by atoms with E-state index in [1.54, 1.807) is 0 Å². The van der Waals surface area contributed by atoms with Gasteiger partial charge >= 0.3 is 0 Å². The fourth-order valence-electron chi connectivity index (χ4n) is 0.558. The molecule has 1 nitrogen and oxygen atoms in total. The molecule has 0 heterocycles. The Bertz CT molecular complexity index is 214. The van der Waals surface area contributed by atoms with E-state index in [2.05, 4.69) is 31.1 Å². The first-order valence-electron chi connectivity index (χ1n) is 4.44. The van der Waals surface area contributed by atoms with Gasteiger partial charge in [-0.2, -0.15) is 0 Å². The fraction of sp³-hybridized carbons (Fsp3) is 0.700. The van der Waals surface area contributed by atoms with Gasteiger partial charge in [-0.1, -0.05) is 33.5 Å². The average Bonchev–Trinajstić information content (AvgIpc) is 1.97. The summed E-state index contributed by atoms with van der Waals surface area (Å²) in [7, 11) is -1.36. The minimum Gasteiger partial charge on any atom is -0.285 e. The molecule has 0 saturated heterocycles. The minimum atomic E-state index is -1.36.